The van der Waals surface area contributed by atoms with E-state index in [0.717, 1.165) is 17.7 Å². The Balaban J connectivity index is 0.00000441. The van der Waals surface area contributed by atoms with Crippen LogP contribution in [0.5, 0.6) is 0 Å². The Morgan fingerprint density at radius 2 is 1.86 bits per heavy atom. The van der Waals surface area contributed by atoms with Crippen molar-refractivity contribution in [1.29, 1.82) is 0 Å². The highest BCUT2D eigenvalue weighted by atomic mass is 35.5. The van der Waals surface area contributed by atoms with E-state index < -0.39 is 0 Å². The van der Waals surface area contributed by atoms with Gasteiger partial charge < -0.3 is 11.1 Å². The maximum absolute atomic E-state index is 12.8. The molecule has 0 saturated heterocycles. The van der Waals surface area contributed by atoms with E-state index in [1.54, 1.807) is 23.9 Å². The van der Waals surface area contributed by atoms with Crippen LogP contribution in [-0.4, -0.2) is 23.7 Å². The molecule has 0 bridgehead atoms. The Bertz CT molecular complexity index is 452. The van der Waals surface area contributed by atoms with Gasteiger partial charge in [-0.25, -0.2) is 4.39 Å². The number of carbonyl (C=O) groups is 1. The molecule has 0 heterocycles. The van der Waals surface area contributed by atoms with Gasteiger partial charge in [-0.2, -0.15) is 0 Å². The first-order valence-corrected chi connectivity index (χ1v) is 8.33. The minimum absolute atomic E-state index is 0. The van der Waals surface area contributed by atoms with Crippen LogP contribution in [0.3, 0.4) is 0 Å². The van der Waals surface area contributed by atoms with E-state index in [0.29, 0.717) is 12.3 Å². The average Bonchev–Trinajstić information content (AvgIpc) is 2.51. The highest BCUT2D eigenvalue weighted by Crippen LogP contribution is 2.21. The number of hydrogen-bond donors (Lipinski definition) is 2. The minimum atomic E-state index is -0.320. The van der Waals surface area contributed by atoms with Crippen LogP contribution in [0.2, 0.25) is 0 Å². The lowest BCUT2D eigenvalue weighted by molar-refractivity contribution is -0.124. The number of benzene rings is 1. The van der Waals surface area contributed by atoms with Crippen molar-refractivity contribution in [3.05, 3.63) is 30.1 Å². The highest BCUT2D eigenvalue weighted by Gasteiger charge is 2.22. The first-order valence-electron chi connectivity index (χ1n) is 7.35. The van der Waals surface area contributed by atoms with Gasteiger partial charge in [0.1, 0.15) is 5.82 Å². The van der Waals surface area contributed by atoms with Gasteiger partial charge in [-0.15, -0.1) is 24.2 Å². The molecule has 0 saturated carbocycles. The Hall–Kier alpha value is -0.780. The molecule has 0 spiro atoms. The molecule has 0 aliphatic carbocycles. The lowest BCUT2D eigenvalue weighted by atomic mass is 9.94. The van der Waals surface area contributed by atoms with Crippen LogP contribution in [0.15, 0.2) is 29.2 Å². The van der Waals surface area contributed by atoms with Gasteiger partial charge in [-0.3, -0.25) is 4.79 Å². The van der Waals surface area contributed by atoms with E-state index in [1.165, 1.54) is 12.1 Å². The van der Waals surface area contributed by atoms with E-state index in [9.17, 15) is 9.18 Å². The minimum Gasteiger partial charge on any atom is -0.354 e. The third-order valence-corrected chi connectivity index (χ3v) is 5.06. The van der Waals surface area contributed by atoms with E-state index in [4.69, 9.17) is 5.73 Å². The van der Waals surface area contributed by atoms with Gasteiger partial charge in [-0.1, -0.05) is 20.8 Å². The van der Waals surface area contributed by atoms with Crippen LogP contribution in [-0.2, 0) is 4.79 Å². The van der Waals surface area contributed by atoms with Gasteiger partial charge in [0.2, 0.25) is 5.91 Å². The summed E-state index contributed by atoms with van der Waals surface area (Å²) in [7, 11) is 0. The highest BCUT2D eigenvalue weighted by molar-refractivity contribution is 7.99. The zero-order valence-electron chi connectivity index (χ0n) is 13.4. The smallest absolute Gasteiger partial charge is 0.223 e. The Morgan fingerprint density at radius 1 is 1.32 bits per heavy atom. The van der Waals surface area contributed by atoms with Gasteiger partial charge in [0.15, 0.2) is 0 Å². The van der Waals surface area contributed by atoms with E-state index >= 15 is 0 Å². The average molecular weight is 349 g/mol. The summed E-state index contributed by atoms with van der Waals surface area (Å²) in [5.41, 5.74) is 5.85. The van der Waals surface area contributed by atoms with Gasteiger partial charge in [0.05, 0.1) is 0 Å². The van der Waals surface area contributed by atoms with Gasteiger partial charge in [0.25, 0.3) is 0 Å². The van der Waals surface area contributed by atoms with Crippen molar-refractivity contribution in [1.82, 2.24) is 5.32 Å². The second-order valence-electron chi connectivity index (χ2n) is 5.45. The van der Waals surface area contributed by atoms with Crippen LogP contribution in [0.4, 0.5) is 4.39 Å². The monoisotopic (exact) mass is 348 g/mol. The number of nitrogens with one attached hydrogen (secondary N) is 1. The fourth-order valence-electron chi connectivity index (χ4n) is 1.77. The molecular formula is C16H26ClFN2OS. The Kier molecular flexibility index (Phi) is 9.72. The number of halogens is 2. The van der Waals surface area contributed by atoms with Crippen molar-refractivity contribution >= 4 is 30.1 Å². The standard InChI is InChI=1S/C16H25FN2OS.ClH/c1-4-16(18,5-2)11-19-15(20)12(3)10-21-14-8-6-13(17)7-9-14;/h6-9,12H,4-5,10-11,18H2,1-3H3,(H,19,20);1H. The van der Waals surface area contributed by atoms with Crippen LogP contribution < -0.4 is 11.1 Å². The van der Waals surface area contributed by atoms with Crippen LogP contribution in [0.1, 0.15) is 33.6 Å². The Labute approximate surface area is 143 Å². The lowest BCUT2D eigenvalue weighted by Crippen LogP contribution is -2.50. The molecular weight excluding hydrogens is 323 g/mol. The SMILES string of the molecule is CCC(N)(CC)CNC(=O)C(C)CSc1ccc(F)cc1.Cl. The zero-order valence-corrected chi connectivity index (χ0v) is 15.0. The van der Waals surface area contributed by atoms with Crippen LogP contribution in [0.25, 0.3) is 0 Å². The topological polar surface area (TPSA) is 55.1 Å². The van der Waals surface area contributed by atoms with Crippen molar-refractivity contribution < 1.29 is 9.18 Å². The van der Waals surface area contributed by atoms with Crippen LogP contribution in [0, 0.1) is 11.7 Å². The molecule has 1 unspecified atom stereocenters. The number of hydrogen-bond acceptors (Lipinski definition) is 3. The summed E-state index contributed by atoms with van der Waals surface area (Å²) in [5, 5.41) is 2.93. The van der Waals surface area contributed by atoms with Crippen LogP contribution >= 0.6 is 24.2 Å². The molecule has 22 heavy (non-hydrogen) atoms. The maximum Gasteiger partial charge on any atom is 0.223 e. The summed E-state index contributed by atoms with van der Waals surface area (Å²) < 4.78 is 12.8. The molecule has 1 amide bonds. The normalized spacial score (nSPS) is 12.4. The van der Waals surface area contributed by atoms with Gasteiger partial charge in [0, 0.05) is 28.6 Å². The fraction of sp³-hybridized carbons (Fsp3) is 0.562. The predicted octanol–water partition coefficient (Wildman–Crippen LogP) is 3.61. The molecule has 0 aromatic heterocycles. The van der Waals surface area contributed by atoms with Crippen molar-refractivity contribution in [3.63, 3.8) is 0 Å². The summed E-state index contributed by atoms with van der Waals surface area (Å²) in [5.74, 6) is 0.315. The molecule has 126 valence electrons. The molecule has 0 aliphatic rings. The van der Waals surface area contributed by atoms with Crippen molar-refractivity contribution in [2.75, 3.05) is 12.3 Å². The first kappa shape index (κ1) is 21.2. The second kappa shape index (κ2) is 10.1. The molecule has 0 fully saturated rings. The number of amides is 1. The zero-order chi connectivity index (χ0) is 15.9. The number of carbonyl (C=O) groups excluding carboxylic acids is 1. The van der Waals surface area contributed by atoms with Crippen molar-refractivity contribution in [3.8, 4) is 0 Å². The van der Waals surface area contributed by atoms with Crippen molar-refractivity contribution in [2.45, 2.75) is 44.0 Å². The molecule has 3 N–H and O–H groups in total. The number of thioether (sulfide) groups is 1. The maximum atomic E-state index is 12.8. The molecule has 3 nitrogen and oxygen atoms in total. The van der Waals surface area contributed by atoms with Gasteiger partial charge in [-0.05, 0) is 37.1 Å². The largest absolute Gasteiger partial charge is 0.354 e. The third kappa shape index (κ3) is 6.99. The summed E-state index contributed by atoms with van der Waals surface area (Å²) in [6.07, 6.45) is 1.67. The summed E-state index contributed by atoms with van der Waals surface area (Å²) in [6.45, 7) is 6.46. The summed E-state index contributed by atoms with van der Waals surface area (Å²) in [4.78, 5) is 13.0. The molecule has 6 heteroatoms. The Morgan fingerprint density at radius 3 is 2.36 bits per heavy atom. The third-order valence-electron chi connectivity index (χ3n) is 3.78. The molecule has 1 atom stereocenters. The number of rotatable bonds is 8. The first-order chi connectivity index (χ1) is 9.90. The molecule has 1 aromatic carbocycles. The predicted molar refractivity (Wildman–Crippen MR) is 94.0 cm³/mol. The fourth-order valence-corrected chi connectivity index (χ4v) is 2.69. The van der Waals surface area contributed by atoms with E-state index in [2.05, 4.69) is 5.32 Å². The summed E-state index contributed by atoms with van der Waals surface area (Å²) >= 11 is 1.55. The van der Waals surface area contributed by atoms with Gasteiger partial charge >= 0.3 is 0 Å². The number of nitrogens with two attached hydrogens (primary N) is 1. The molecule has 0 aliphatic heterocycles. The second-order valence-corrected chi connectivity index (χ2v) is 6.55. The summed E-state index contributed by atoms with van der Waals surface area (Å²) in [6, 6.07) is 6.31. The molecule has 0 radical (unpaired) electrons. The molecule has 1 rings (SSSR count). The molecule has 1 aromatic rings. The van der Waals surface area contributed by atoms with E-state index in [-0.39, 0.29) is 35.6 Å². The van der Waals surface area contributed by atoms with Crippen molar-refractivity contribution in [2.24, 2.45) is 11.7 Å². The lowest BCUT2D eigenvalue weighted by Gasteiger charge is -2.27. The van der Waals surface area contributed by atoms with E-state index in [1.807, 2.05) is 20.8 Å². The quantitative estimate of drug-likeness (QED) is 0.705.